The molecule has 1 aromatic heterocycles. The van der Waals surface area contributed by atoms with E-state index in [2.05, 4.69) is 10.3 Å². The van der Waals surface area contributed by atoms with E-state index in [9.17, 15) is 9.18 Å². The Bertz CT molecular complexity index is 619. The molecule has 1 N–H and O–H groups in total. The zero-order chi connectivity index (χ0) is 13.8. The first-order valence-corrected chi connectivity index (χ1v) is 5.74. The quantitative estimate of drug-likeness (QED) is 0.940. The Balaban J connectivity index is 2.19. The van der Waals surface area contributed by atoms with Gasteiger partial charge in [0, 0.05) is 23.0 Å². The Labute approximate surface area is 114 Å². The Morgan fingerprint density at radius 3 is 2.84 bits per heavy atom. The number of hydrogen-bond acceptors (Lipinski definition) is 3. The fourth-order valence-corrected chi connectivity index (χ4v) is 1.62. The number of rotatable bonds is 3. The fourth-order valence-electron chi connectivity index (χ4n) is 1.46. The molecule has 2 aromatic rings. The highest BCUT2D eigenvalue weighted by Gasteiger charge is 2.10. The maximum Gasteiger partial charge on any atom is 0.274 e. The molecule has 2 rings (SSSR count). The summed E-state index contributed by atoms with van der Waals surface area (Å²) >= 11 is 5.77. The van der Waals surface area contributed by atoms with E-state index in [1.165, 1.54) is 37.6 Å². The topological polar surface area (TPSA) is 51.2 Å². The van der Waals surface area contributed by atoms with Gasteiger partial charge in [-0.3, -0.25) is 9.78 Å². The van der Waals surface area contributed by atoms with Crippen LogP contribution in [0.15, 0.2) is 36.5 Å². The van der Waals surface area contributed by atoms with Gasteiger partial charge >= 0.3 is 0 Å². The number of pyridine rings is 1. The molecule has 0 bridgehead atoms. The van der Waals surface area contributed by atoms with Crippen molar-refractivity contribution < 1.29 is 13.9 Å². The second-order valence-corrected chi connectivity index (χ2v) is 4.10. The number of nitrogens with one attached hydrogen (secondary N) is 1. The summed E-state index contributed by atoms with van der Waals surface area (Å²) in [5, 5.41) is 2.99. The van der Waals surface area contributed by atoms with Crippen LogP contribution >= 0.6 is 11.6 Å². The molecule has 0 saturated heterocycles. The molecule has 19 heavy (non-hydrogen) atoms. The first kappa shape index (κ1) is 13.3. The highest BCUT2D eigenvalue weighted by atomic mass is 35.5. The van der Waals surface area contributed by atoms with Crippen LogP contribution in [0.1, 0.15) is 10.5 Å². The largest absolute Gasteiger partial charge is 0.494 e. The summed E-state index contributed by atoms with van der Waals surface area (Å²) in [6, 6.07) is 7.04. The Morgan fingerprint density at radius 2 is 2.16 bits per heavy atom. The van der Waals surface area contributed by atoms with Crippen LogP contribution in [0.5, 0.6) is 5.75 Å². The molecule has 0 aliphatic rings. The van der Waals surface area contributed by atoms with Crippen molar-refractivity contribution in [2.24, 2.45) is 0 Å². The van der Waals surface area contributed by atoms with Crippen LogP contribution in [-0.4, -0.2) is 18.0 Å². The first-order chi connectivity index (χ1) is 9.10. The number of methoxy groups -OCH3 is 1. The lowest BCUT2D eigenvalue weighted by Gasteiger charge is -2.07. The molecule has 1 amide bonds. The zero-order valence-corrected chi connectivity index (χ0v) is 10.7. The average Bonchev–Trinajstić information content (AvgIpc) is 2.41. The monoisotopic (exact) mass is 280 g/mol. The molecule has 0 aliphatic heterocycles. The van der Waals surface area contributed by atoms with Gasteiger partial charge in [0.05, 0.1) is 7.11 Å². The molecule has 0 saturated carbocycles. The molecule has 0 atom stereocenters. The van der Waals surface area contributed by atoms with Gasteiger partial charge in [-0.05, 0) is 24.3 Å². The number of aromatic nitrogens is 1. The molecule has 6 heteroatoms. The number of halogens is 2. The van der Waals surface area contributed by atoms with Crippen molar-refractivity contribution in [1.29, 1.82) is 0 Å². The van der Waals surface area contributed by atoms with Crippen LogP contribution in [-0.2, 0) is 0 Å². The number of hydrogen-bond donors (Lipinski definition) is 1. The molecule has 0 spiro atoms. The van der Waals surface area contributed by atoms with Gasteiger partial charge < -0.3 is 10.1 Å². The summed E-state index contributed by atoms with van der Waals surface area (Å²) in [5.74, 6) is -0.880. The Morgan fingerprint density at radius 1 is 1.37 bits per heavy atom. The maximum absolute atomic E-state index is 13.2. The smallest absolute Gasteiger partial charge is 0.274 e. The van der Waals surface area contributed by atoms with Crippen molar-refractivity contribution in [3.05, 3.63) is 53.1 Å². The SMILES string of the molecule is COc1cc(NC(=O)c2cc(Cl)ccn2)ccc1F. The van der Waals surface area contributed by atoms with E-state index in [1.54, 1.807) is 6.07 Å². The molecule has 1 aromatic carbocycles. The third kappa shape index (κ3) is 3.20. The lowest BCUT2D eigenvalue weighted by atomic mass is 10.2. The number of nitrogens with zero attached hydrogens (tertiary/aromatic N) is 1. The van der Waals surface area contributed by atoms with E-state index in [-0.39, 0.29) is 11.4 Å². The minimum atomic E-state index is -0.499. The molecule has 0 radical (unpaired) electrons. The van der Waals surface area contributed by atoms with Crippen LogP contribution in [0, 0.1) is 5.82 Å². The van der Waals surface area contributed by atoms with E-state index in [1.807, 2.05) is 0 Å². The summed E-state index contributed by atoms with van der Waals surface area (Å²) in [4.78, 5) is 15.8. The van der Waals surface area contributed by atoms with Gasteiger partial charge in [-0.1, -0.05) is 11.6 Å². The Hall–Kier alpha value is -2.14. The lowest BCUT2D eigenvalue weighted by molar-refractivity contribution is 0.102. The minimum Gasteiger partial charge on any atom is -0.494 e. The molecule has 0 unspecified atom stereocenters. The number of anilines is 1. The van der Waals surface area contributed by atoms with E-state index in [0.29, 0.717) is 10.7 Å². The summed E-state index contributed by atoms with van der Waals surface area (Å²) in [7, 11) is 1.35. The predicted octanol–water partition coefficient (Wildman–Crippen LogP) is 3.14. The van der Waals surface area contributed by atoms with Gasteiger partial charge in [0.2, 0.25) is 0 Å². The Kier molecular flexibility index (Phi) is 3.97. The molecular formula is C13H10ClFN2O2. The molecule has 4 nitrogen and oxygen atoms in total. The third-order valence-corrected chi connectivity index (χ3v) is 2.60. The van der Waals surface area contributed by atoms with Crippen molar-refractivity contribution in [2.75, 3.05) is 12.4 Å². The zero-order valence-electron chi connectivity index (χ0n) is 9.98. The second-order valence-electron chi connectivity index (χ2n) is 3.66. The van der Waals surface area contributed by atoms with Crippen LogP contribution in [0.3, 0.4) is 0 Å². The van der Waals surface area contributed by atoms with Gasteiger partial charge in [0.25, 0.3) is 5.91 Å². The fraction of sp³-hybridized carbons (Fsp3) is 0.0769. The second kappa shape index (κ2) is 5.67. The number of carbonyl (C=O) groups is 1. The first-order valence-electron chi connectivity index (χ1n) is 5.36. The van der Waals surface area contributed by atoms with Crippen molar-refractivity contribution in [2.45, 2.75) is 0 Å². The molecule has 98 valence electrons. The number of benzene rings is 1. The number of carbonyl (C=O) groups excluding carboxylic acids is 1. The molecule has 1 heterocycles. The van der Waals surface area contributed by atoms with Gasteiger partial charge in [0.1, 0.15) is 5.69 Å². The van der Waals surface area contributed by atoms with Gasteiger partial charge in [0.15, 0.2) is 11.6 Å². The normalized spacial score (nSPS) is 10.1. The van der Waals surface area contributed by atoms with Crippen molar-refractivity contribution >= 4 is 23.2 Å². The van der Waals surface area contributed by atoms with Crippen LogP contribution in [0.4, 0.5) is 10.1 Å². The van der Waals surface area contributed by atoms with E-state index < -0.39 is 11.7 Å². The maximum atomic E-state index is 13.2. The number of amides is 1. The van der Waals surface area contributed by atoms with Gasteiger partial charge in [-0.15, -0.1) is 0 Å². The summed E-state index contributed by atoms with van der Waals surface area (Å²) in [6.45, 7) is 0. The minimum absolute atomic E-state index is 0.0526. The van der Waals surface area contributed by atoms with Crippen LogP contribution < -0.4 is 10.1 Å². The number of ether oxygens (including phenoxy) is 1. The van der Waals surface area contributed by atoms with E-state index in [0.717, 1.165) is 0 Å². The highest BCUT2D eigenvalue weighted by molar-refractivity contribution is 6.30. The predicted molar refractivity (Wildman–Crippen MR) is 70.2 cm³/mol. The van der Waals surface area contributed by atoms with E-state index in [4.69, 9.17) is 16.3 Å². The van der Waals surface area contributed by atoms with Crippen LogP contribution in [0.25, 0.3) is 0 Å². The highest BCUT2D eigenvalue weighted by Crippen LogP contribution is 2.21. The van der Waals surface area contributed by atoms with Crippen molar-refractivity contribution in [1.82, 2.24) is 4.98 Å². The lowest BCUT2D eigenvalue weighted by Crippen LogP contribution is -2.13. The standard InChI is InChI=1S/C13H10ClFN2O2/c1-19-12-7-9(2-3-10(12)15)17-13(18)11-6-8(14)4-5-16-11/h2-7H,1H3,(H,17,18). The van der Waals surface area contributed by atoms with E-state index >= 15 is 0 Å². The molecule has 0 aliphatic carbocycles. The van der Waals surface area contributed by atoms with Gasteiger partial charge in [-0.2, -0.15) is 0 Å². The average molecular weight is 281 g/mol. The summed E-state index contributed by atoms with van der Waals surface area (Å²) < 4.78 is 18.0. The molecular weight excluding hydrogens is 271 g/mol. The molecule has 0 fully saturated rings. The van der Waals surface area contributed by atoms with Gasteiger partial charge in [-0.25, -0.2) is 4.39 Å². The van der Waals surface area contributed by atoms with Crippen LogP contribution in [0.2, 0.25) is 5.02 Å². The van der Waals surface area contributed by atoms with Crippen molar-refractivity contribution in [3.63, 3.8) is 0 Å². The third-order valence-electron chi connectivity index (χ3n) is 2.36. The summed E-state index contributed by atoms with van der Waals surface area (Å²) in [5.41, 5.74) is 0.584. The van der Waals surface area contributed by atoms with Crippen molar-refractivity contribution in [3.8, 4) is 5.75 Å². The summed E-state index contributed by atoms with van der Waals surface area (Å²) in [6.07, 6.45) is 1.43.